The quantitative estimate of drug-likeness (QED) is 0.559. The second kappa shape index (κ2) is 7.06. The fourth-order valence-electron chi connectivity index (χ4n) is 2.10. The number of hydrogen-bond acceptors (Lipinski definition) is 6. The van der Waals surface area contributed by atoms with E-state index in [0.717, 1.165) is 5.75 Å². The molecule has 1 aromatic carbocycles. The molecule has 124 valence electrons. The molecule has 3 rings (SSSR count). The number of ether oxygens (including phenoxy) is 1. The Balaban J connectivity index is 1.67. The SMILES string of the molecule is COc1ccc(NC(=O)CSc2nc3ccsc3c(=O)n2C)cc1. The number of rotatable bonds is 5. The highest BCUT2D eigenvalue weighted by atomic mass is 32.2. The van der Waals surface area contributed by atoms with E-state index in [0.29, 0.717) is 21.1 Å². The van der Waals surface area contributed by atoms with E-state index in [1.807, 2.05) is 11.4 Å². The fraction of sp³-hybridized carbons (Fsp3) is 0.188. The largest absolute Gasteiger partial charge is 0.497 e. The van der Waals surface area contributed by atoms with E-state index in [9.17, 15) is 9.59 Å². The average Bonchev–Trinajstić information content (AvgIpc) is 3.06. The van der Waals surface area contributed by atoms with Crippen LogP contribution in [0.2, 0.25) is 0 Å². The van der Waals surface area contributed by atoms with Gasteiger partial charge in [-0.3, -0.25) is 14.2 Å². The summed E-state index contributed by atoms with van der Waals surface area (Å²) in [7, 11) is 3.25. The lowest BCUT2D eigenvalue weighted by Crippen LogP contribution is -2.20. The zero-order chi connectivity index (χ0) is 17.1. The Kier molecular flexibility index (Phi) is 4.86. The predicted octanol–water partition coefficient (Wildman–Crippen LogP) is 2.73. The zero-order valence-corrected chi connectivity index (χ0v) is 14.7. The number of nitrogens with one attached hydrogen (secondary N) is 1. The number of aromatic nitrogens is 2. The first-order valence-corrected chi connectivity index (χ1v) is 8.96. The first-order valence-electron chi connectivity index (χ1n) is 7.09. The van der Waals surface area contributed by atoms with Crippen LogP contribution >= 0.6 is 23.1 Å². The zero-order valence-electron chi connectivity index (χ0n) is 13.1. The van der Waals surface area contributed by atoms with E-state index in [2.05, 4.69) is 10.3 Å². The number of thiophene rings is 1. The summed E-state index contributed by atoms with van der Waals surface area (Å²) in [5.41, 5.74) is 1.27. The minimum absolute atomic E-state index is 0.0898. The fourth-order valence-corrected chi connectivity index (χ4v) is 3.68. The summed E-state index contributed by atoms with van der Waals surface area (Å²) in [5, 5.41) is 5.16. The molecule has 0 atom stereocenters. The lowest BCUT2D eigenvalue weighted by atomic mass is 10.3. The van der Waals surface area contributed by atoms with Crippen molar-refractivity contribution in [3.63, 3.8) is 0 Å². The van der Waals surface area contributed by atoms with E-state index >= 15 is 0 Å². The molecule has 0 spiro atoms. The van der Waals surface area contributed by atoms with Gasteiger partial charge in [0.2, 0.25) is 5.91 Å². The van der Waals surface area contributed by atoms with E-state index < -0.39 is 0 Å². The van der Waals surface area contributed by atoms with Crippen molar-refractivity contribution < 1.29 is 9.53 Å². The highest BCUT2D eigenvalue weighted by Gasteiger charge is 2.11. The van der Waals surface area contributed by atoms with Gasteiger partial charge >= 0.3 is 0 Å². The number of amides is 1. The summed E-state index contributed by atoms with van der Waals surface area (Å²) in [4.78, 5) is 28.7. The highest BCUT2D eigenvalue weighted by Crippen LogP contribution is 2.20. The van der Waals surface area contributed by atoms with Crippen molar-refractivity contribution in [2.45, 2.75) is 5.16 Å². The number of hydrogen-bond donors (Lipinski definition) is 1. The first-order chi connectivity index (χ1) is 11.6. The Hall–Kier alpha value is -2.32. The topological polar surface area (TPSA) is 73.2 Å². The molecule has 6 nitrogen and oxygen atoms in total. The minimum atomic E-state index is -0.162. The van der Waals surface area contributed by atoms with Gasteiger partial charge in [-0.15, -0.1) is 11.3 Å². The molecule has 2 aromatic heterocycles. The maximum absolute atomic E-state index is 12.2. The van der Waals surface area contributed by atoms with Gasteiger partial charge in [0, 0.05) is 12.7 Å². The number of methoxy groups -OCH3 is 1. The molecule has 1 N–H and O–H groups in total. The van der Waals surface area contributed by atoms with Crippen LogP contribution in [0.15, 0.2) is 45.7 Å². The molecule has 0 fully saturated rings. The van der Waals surface area contributed by atoms with Crippen LogP contribution in [0, 0.1) is 0 Å². The Morgan fingerprint density at radius 2 is 2.08 bits per heavy atom. The number of anilines is 1. The minimum Gasteiger partial charge on any atom is -0.497 e. The van der Waals surface area contributed by atoms with Gasteiger partial charge in [0.25, 0.3) is 5.56 Å². The summed E-state index contributed by atoms with van der Waals surface area (Å²) >= 11 is 2.61. The van der Waals surface area contributed by atoms with Gasteiger partial charge in [-0.25, -0.2) is 4.98 Å². The number of nitrogens with zero attached hydrogens (tertiary/aromatic N) is 2. The number of fused-ring (bicyclic) bond motifs is 1. The third-order valence-electron chi connectivity index (χ3n) is 3.35. The average molecular weight is 361 g/mol. The molecule has 0 aliphatic carbocycles. The molecule has 0 aliphatic rings. The van der Waals surface area contributed by atoms with Crippen LogP contribution in [0.3, 0.4) is 0 Å². The van der Waals surface area contributed by atoms with Crippen molar-refractivity contribution in [3.05, 3.63) is 46.1 Å². The second-order valence-electron chi connectivity index (χ2n) is 4.96. The maximum atomic E-state index is 12.2. The molecule has 0 unspecified atom stereocenters. The first kappa shape index (κ1) is 16.5. The van der Waals surface area contributed by atoms with Crippen LogP contribution in [0.5, 0.6) is 5.75 Å². The molecular weight excluding hydrogens is 346 g/mol. The maximum Gasteiger partial charge on any atom is 0.271 e. The van der Waals surface area contributed by atoms with E-state index in [4.69, 9.17) is 4.74 Å². The molecule has 24 heavy (non-hydrogen) atoms. The van der Waals surface area contributed by atoms with Crippen molar-refractivity contribution in [1.29, 1.82) is 0 Å². The third kappa shape index (κ3) is 3.44. The van der Waals surface area contributed by atoms with Gasteiger partial charge in [0.15, 0.2) is 5.16 Å². The van der Waals surface area contributed by atoms with Crippen molar-refractivity contribution in [3.8, 4) is 5.75 Å². The molecule has 0 bridgehead atoms. The van der Waals surface area contributed by atoms with Crippen LogP contribution in [0.1, 0.15) is 0 Å². The summed E-state index contributed by atoms with van der Waals surface area (Å²) in [6.07, 6.45) is 0. The van der Waals surface area contributed by atoms with Gasteiger partial charge in [-0.05, 0) is 35.7 Å². The summed E-state index contributed by atoms with van der Waals surface area (Å²) in [6.45, 7) is 0. The molecule has 0 saturated carbocycles. The lowest BCUT2D eigenvalue weighted by molar-refractivity contribution is -0.113. The molecule has 0 saturated heterocycles. The molecule has 1 amide bonds. The second-order valence-corrected chi connectivity index (χ2v) is 6.82. The summed E-state index contributed by atoms with van der Waals surface area (Å²) in [6, 6.07) is 8.90. The Morgan fingerprint density at radius 1 is 1.33 bits per heavy atom. The molecule has 0 aliphatic heterocycles. The van der Waals surface area contributed by atoms with Gasteiger partial charge < -0.3 is 10.1 Å². The number of carbonyl (C=O) groups excluding carboxylic acids is 1. The number of thioether (sulfide) groups is 1. The van der Waals surface area contributed by atoms with Crippen LogP contribution in [-0.4, -0.2) is 28.3 Å². The molecule has 0 radical (unpaired) electrons. The van der Waals surface area contributed by atoms with Gasteiger partial charge in [0.05, 0.1) is 18.4 Å². The van der Waals surface area contributed by atoms with Gasteiger partial charge in [-0.2, -0.15) is 0 Å². The normalized spacial score (nSPS) is 10.8. The lowest BCUT2D eigenvalue weighted by Gasteiger charge is -2.08. The van der Waals surface area contributed by atoms with Crippen molar-refractivity contribution in [1.82, 2.24) is 9.55 Å². The highest BCUT2D eigenvalue weighted by molar-refractivity contribution is 7.99. The van der Waals surface area contributed by atoms with Crippen molar-refractivity contribution in [2.75, 3.05) is 18.2 Å². The Bertz CT molecular complexity index is 932. The number of benzene rings is 1. The Morgan fingerprint density at radius 3 is 2.79 bits per heavy atom. The summed E-state index contributed by atoms with van der Waals surface area (Å²) in [5.74, 6) is 0.734. The van der Waals surface area contributed by atoms with Crippen LogP contribution in [0.4, 0.5) is 5.69 Å². The summed E-state index contributed by atoms with van der Waals surface area (Å²) < 4.78 is 7.18. The van der Waals surface area contributed by atoms with Crippen molar-refractivity contribution >= 4 is 44.9 Å². The predicted molar refractivity (Wildman–Crippen MR) is 97.2 cm³/mol. The van der Waals surface area contributed by atoms with E-state index in [1.54, 1.807) is 38.4 Å². The molecular formula is C16H15N3O3S2. The molecule has 2 heterocycles. The van der Waals surface area contributed by atoms with E-state index in [1.165, 1.54) is 27.7 Å². The van der Waals surface area contributed by atoms with Crippen LogP contribution < -0.4 is 15.6 Å². The Labute approximate surface area is 146 Å². The van der Waals surface area contributed by atoms with Crippen LogP contribution in [0.25, 0.3) is 10.2 Å². The van der Waals surface area contributed by atoms with Gasteiger partial charge in [-0.1, -0.05) is 11.8 Å². The van der Waals surface area contributed by atoms with Gasteiger partial charge in [0.1, 0.15) is 10.4 Å². The number of carbonyl (C=O) groups is 1. The van der Waals surface area contributed by atoms with E-state index in [-0.39, 0.29) is 17.2 Å². The third-order valence-corrected chi connectivity index (χ3v) is 5.27. The van der Waals surface area contributed by atoms with Crippen molar-refractivity contribution in [2.24, 2.45) is 7.05 Å². The monoisotopic (exact) mass is 361 g/mol. The molecule has 8 heteroatoms. The van der Waals surface area contributed by atoms with Crippen LogP contribution in [-0.2, 0) is 11.8 Å². The standard InChI is InChI=1S/C16H15N3O3S2/c1-19-15(21)14-12(7-8-23-14)18-16(19)24-9-13(20)17-10-3-5-11(22-2)6-4-10/h3-8H,9H2,1-2H3,(H,17,20). The smallest absolute Gasteiger partial charge is 0.271 e. The molecule has 3 aromatic rings.